The van der Waals surface area contributed by atoms with E-state index in [1.807, 2.05) is 0 Å². The summed E-state index contributed by atoms with van der Waals surface area (Å²) in [4.78, 5) is 27.4. The lowest BCUT2D eigenvalue weighted by Gasteiger charge is -2.38. The zero-order valence-corrected chi connectivity index (χ0v) is 14.9. The molecule has 2 saturated heterocycles. The number of likely N-dealkylation sites (tertiary alicyclic amines) is 1. The Morgan fingerprint density at radius 2 is 1.43 bits per heavy atom. The fourth-order valence-corrected chi connectivity index (χ4v) is 4.16. The highest BCUT2D eigenvalue weighted by Gasteiger charge is 2.34. The molecular weight excluding hydrogens is 320 g/mol. The molecule has 0 saturated carbocycles. The lowest BCUT2D eigenvalue weighted by molar-refractivity contribution is -0.141. The fraction of sp³-hybridized carbons (Fsp3) is 0.857. The average molecular weight is 346 g/mol. The number of amides is 2. The van der Waals surface area contributed by atoms with Crippen LogP contribution in [0.3, 0.4) is 0 Å². The Labute approximate surface area is 138 Å². The summed E-state index contributed by atoms with van der Waals surface area (Å²) in [6, 6.07) is 0. The maximum atomic E-state index is 12.6. The van der Waals surface area contributed by atoms with Crippen molar-refractivity contribution in [2.75, 3.05) is 53.4 Å². The quantitative estimate of drug-likeness (QED) is 0.670. The van der Waals surface area contributed by atoms with Crippen LogP contribution in [0.25, 0.3) is 0 Å². The van der Waals surface area contributed by atoms with Crippen molar-refractivity contribution in [1.29, 1.82) is 0 Å². The molecule has 132 valence electrons. The third kappa shape index (κ3) is 4.02. The van der Waals surface area contributed by atoms with Crippen molar-refractivity contribution in [2.45, 2.75) is 19.8 Å². The molecule has 2 fully saturated rings. The Morgan fingerprint density at radius 3 is 1.87 bits per heavy atom. The van der Waals surface area contributed by atoms with Gasteiger partial charge in [-0.3, -0.25) is 9.59 Å². The van der Waals surface area contributed by atoms with Crippen LogP contribution >= 0.6 is 0 Å². The van der Waals surface area contributed by atoms with Crippen LogP contribution in [0.2, 0.25) is 0 Å². The van der Waals surface area contributed by atoms with Gasteiger partial charge in [0.15, 0.2) is 0 Å². The molecule has 2 aliphatic heterocycles. The number of piperidine rings is 1. The normalized spacial score (nSPS) is 21.7. The number of carbonyl (C=O) groups excluding carboxylic acids is 2. The second-order valence-electron chi connectivity index (χ2n) is 6.29. The molecule has 0 bridgehead atoms. The van der Waals surface area contributed by atoms with Gasteiger partial charge in [0, 0.05) is 66.2 Å². The largest absolute Gasteiger partial charge is 0.343 e. The molecule has 0 atom stereocenters. The molecule has 2 amide bonds. The number of carbonyl (C=O) groups is 2. The van der Waals surface area contributed by atoms with Gasteiger partial charge in [-0.05, 0) is 12.8 Å². The smallest absolute Gasteiger partial charge is 0.281 e. The molecule has 23 heavy (non-hydrogen) atoms. The summed E-state index contributed by atoms with van der Waals surface area (Å²) in [5.41, 5.74) is 0. The average Bonchev–Trinajstić information content (AvgIpc) is 2.54. The van der Waals surface area contributed by atoms with Gasteiger partial charge in [0.1, 0.15) is 0 Å². The Kier molecular flexibility index (Phi) is 5.64. The molecule has 9 heteroatoms. The van der Waals surface area contributed by atoms with Crippen LogP contribution in [0.4, 0.5) is 0 Å². The standard InChI is InChI=1S/C14H26N4O4S/c1-12(19)16-6-4-13(5-7-16)14(20)17-8-10-18(11-9-17)23(21,22)15(2)3/h13H,4-11H2,1-3H3. The minimum Gasteiger partial charge on any atom is -0.343 e. The van der Waals surface area contributed by atoms with E-state index < -0.39 is 10.2 Å². The zero-order chi connectivity index (χ0) is 17.2. The number of hydrogen-bond acceptors (Lipinski definition) is 4. The summed E-state index contributed by atoms with van der Waals surface area (Å²) in [6.07, 6.45) is 1.38. The number of rotatable bonds is 3. The maximum absolute atomic E-state index is 12.6. The predicted octanol–water partition coefficient (Wildman–Crippen LogP) is -0.804. The van der Waals surface area contributed by atoms with Gasteiger partial charge in [-0.2, -0.15) is 17.0 Å². The minimum atomic E-state index is -3.41. The number of piperazine rings is 1. The van der Waals surface area contributed by atoms with E-state index in [-0.39, 0.29) is 17.7 Å². The van der Waals surface area contributed by atoms with Gasteiger partial charge in [0.05, 0.1) is 0 Å². The Morgan fingerprint density at radius 1 is 0.913 bits per heavy atom. The summed E-state index contributed by atoms with van der Waals surface area (Å²) >= 11 is 0. The van der Waals surface area contributed by atoms with E-state index in [0.29, 0.717) is 52.1 Å². The highest BCUT2D eigenvalue weighted by atomic mass is 32.2. The van der Waals surface area contributed by atoms with Crippen LogP contribution in [0.5, 0.6) is 0 Å². The molecule has 0 aliphatic carbocycles. The molecule has 2 rings (SSSR count). The van der Waals surface area contributed by atoms with Crippen molar-refractivity contribution in [3.8, 4) is 0 Å². The Hall–Kier alpha value is -1.19. The van der Waals surface area contributed by atoms with E-state index in [1.165, 1.54) is 22.7 Å². The predicted molar refractivity (Wildman–Crippen MR) is 85.7 cm³/mol. The maximum Gasteiger partial charge on any atom is 0.281 e. The first kappa shape index (κ1) is 18.2. The fourth-order valence-electron chi connectivity index (χ4n) is 3.07. The van der Waals surface area contributed by atoms with Crippen LogP contribution < -0.4 is 0 Å². The van der Waals surface area contributed by atoms with E-state index in [9.17, 15) is 18.0 Å². The monoisotopic (exact) mass is 346 g/mol. The van der Waals surface area contributed by atoms with Crippen molar-refractivity contribution in [1.82, 2.24) is 18.4 Å². The topological polar surface area (TPSA) is 81.2 Å². The van der Waals surface area contributed by atoms with Gasteiger partial charge in [0.25, 0.3) is 10.2 Å². The zero-order valence-electron chi connectivity index (χ0n) is 14.1. The molecule has 2 heterocycles. The van der Waals surface area contributed by atoms with Gasteiger partial charge in [-0.1, -0.05) is 0 Å². The van der Waals surface area contributed by atoms with Crippen LogP contribution in [0.15, 0.2) is 0 Å². The van der Waals surface area contributed by atoms with Crippen molar-refractivity contribution in [3.63, 3.8) is 0 Å². The molecule has 0 spiro atoms. The van der Waals surface area contributed by atoms with Gasteiger partial charge < -0.3 is 9.80 Å². The Bertz CT molecular complexity index is 547. The second-order valence-corrected chi connectivity index (χ2v) is 8.44. The van der Waals surface area contributed by atoms with E-state index in [0.717, 1.165) is 0 Å². The molecular formula is C14H26N4O4S. The summed E-state index contributed by atoms with van der Waals surface area (Å²) in [5.74, 6) is 0.0936. The third-order valence-electron chi connectivity index (χ3n) is 4.63. The van der Waals surface area contributed by atoms with Gasteiger partial charge in [-0.15, -0.1) is 0 Å². The summed E-state index contributed by atoms with van der Waals surface area (Å²) in [6.45, 7) is 4.32. The van der Waals surface area contributed by atoms with Crippen LogP contribution in [-0.2, 0) is 19.8 Å². The van der Waals surface area contributed by atoms with E-state index >= 15 is 0 Å². The minimum absolute atomic E-state index is 0.0531. The van der Waals surface area contributed by atoms with Gasteiger partial charge in [-0.25, -0.2) is 0 Å². The summed E-state index contributed by atoms with van der Waals surface area (Å²) < 4.78 is 26.8. The van der Waals surface area contributed by atoms with Gasteiger partial charge in [0.2, 0.25) is 11.8 Å². The molecule has 0 aromatic heterocycles. The molecule has 8 nitrogen and oxygen atoms in total. The first-order valence-electron chi connectivity index (χ1n) is 7.95. The van der Waals surface area contributed by atoms with E-state index in [2.05, 4.69) is 0 Å². The highest BCUT2D eigenvalue weighted by molar-refractivity contribution is 7.86. The van der Waals surface area contributed by atoms with Gasteiger partial charge >= 0.3 is 0 Å². The van der Waals surface area contributed by atoms with Crippen LogP contribution in [0, 0.1) is 5.92 Å². The first-order chi connectivity index (χ1) is 10.7. The summed E-state index contributed by atoms with van der Waals surface area (Å²) in [7, 11) is -0.387. The summed E-state index contributed by atoms with van der Waals surface area (Å²) in [5, 5.41) is 0. The van der Waals surface area contributed by atoms with Crippen LogP contribution in [-0.4, -0.2) is 92.0 Å². The number of hydrogen-bond donors (Lipinski definition) is 0. The molecule has 0 N–H and O–H groups in total. The molecule has 0 unspecified atom stereocenters. The van der Waals surface area contributed by atoms with E-state index in [1.54, 1.807) is 16.7 Å². The van der Waals surface area contributed by atoms with Crippen LogP contribution in [0.1, 0.15) is 19.8 Å². The SMILES string of the molecule is CC(=O)N1CCC(C(=O)N2CCN(S(=O)(=O)N(C)C)CC2)CC1. The Balaban J connectivity index is 1.86. The van der Waals surface area contributed by atoms with Crippen molar-refractivity contribution < 1.29 is 18.0 Å². The van der Waals surface area contributed by atoms with Crippen molar-refractivity contribution >= 4 is 22.0 Å². The lowest BCUT2D eigenvalue weighted by Crippen LogP contribution is -2.54. The van der Waals surface area contributed by atoms with Crippen molar-refractivity contribution in [3.05, 3.63) is 0 Å². The third-order valence-corrected chi connectivity index (χ3v) is 6.57. The molecule has 0 aromatic carbocycles. The van der Waals surface area contributed by atoms with E-state index in [4.69, 9.17) is 0 Å². The highest BCUT2D eigenvalue weighted by Crippen LogP contribution is 2.21. The second kappa shape index (κ2) is 7.14. The number of nitrogens with zero attached hydrogens (tertiary/aromatic N) is 4. The molecule has 0 radical (unpaired) electrons. The van der Waals surface area contributed by atoms with Crippen molar-refractivity contribution in [2.24, 2.45) is 5.92 Å². The molecule has 0 aromatic rings. The lowest BCUT2D eigenvalue weighted by atomic mass is 9.95. The molecule has 2 aliphatic rings. The first-order valence-corrected chi connectivity index (χ1v) is 9.35.